The molecule has 1 saturated heterocycles. The van der Waals surface area contributed by atoms with Crippen LogP contribution in [0.25, 0.3) is 0 Å². The number of piperidine rings is 1. The molecule has 1 aromatic heterocycles. The maximum absolute atomic E-state index is 13.2. The number of rotatable bonds is 4. The van der Waals surface area contributed by atoms with E-state index in [-0.39, 0.29) is 24.3 Å². The number of aliphatic hydroxyl groups is 1. The number of alkyl halides is 1. The van der Waals surface area contributed by atoms with Crippen LogP contribution in [0, 0.1) is 6.92 Å². The first-order valence-electron chi connectivity index (χ1n) is 10.5. The molecule has 1 aliphatic heterocycles. The van der Waals surface area contributed by atoms with Crippen molar-refractivity contribution >= 4 is 5.91 Å². The average molecular weight is 429 g/mol. The van der Waals surface area contributed by atoms with Crippen molar-refractivity contribution in [3.63, 3.8) is 0 Å². The zero-order valence-corrected chi connectivity index (χ0v) is 17.7. The molecular formula is C23H28FN3O4. The second kappa shape index (κ2) is 7.46. The second-order valence-corrected chi connectivity index (χ2v) is 8.89. The van der Waals surface area contributed by atoms with E-state index in [2.05, 4.69) is 4.98 Å². The maximum atomic E-state index is 13.2. The number of nitrogens with zero attached hydrogens (tertiary/aromatic N) is 1. The lowest BCUT2D eigenvalue weighted by atomic mass is 9.53. The minimum absolute atomic E-state index is 0.0968. The lowest BCUT2D eigenvalue weighted by Gasteiger charge is -2.60. The van der Waals surface area contributed by atoms with Gasteiger partial charge in [-0.25, -0.2) is 4.39 Å². The predicted molar refractivity (Wildman–Crippen MR) is 114 cm³/mol. The van der Waals surface area contributed by atoms with Crippen LogP contribution < -0.4 is 11.3 Å². The summed E-state index contributed by atoms with van der Waals surface area (Å²) in [5, 5.41) is 22.5. The fraction of sp³-hybridized carbons (Fsp3) is 0.478. The van der Waals surface area contributed by atoms with Gasteiger partial charge in [0.2, 0.25) is 0 Å². The molecule has 2 aromatic rings. The van der Waals surface area contributed by atoms with E-state index in [1.165, 1.54) is 6.07 Å². The molecule has 8 heteroatoms. The third kappa shape index (κ3) is 3.16. The predicted octanol–water partition coefficient (Wildman–Crippen LogP) is 1.32. The van der Waals surface area contributed by atoms with Gasteiger partial charge < -0.3 is 20.9 Å². The molecule has 2 heterocycles. The summed E-state index contributed by atoms with van der Waals surface area (Å²) in [6.45, 7) is 4.07. The highest BCUT2D eigenvalue weighted by molar-refractivity contribution is 5.92. The van der Waals surface area contributed by atoms with E-state index in [1.54, 1.807) is 12.1 Å². The van der Waals surface area contributed by atoms with Crippen LogP contribution in [0.4, 0.5) is 4.39 Å². The van der Waals surface area contributed by atoms with Gasteiger partial charge in [0.25, 0.3) is 11.5 Å². The van der Waals surface area contributed by atoms with Gasteiger partial charge in [-0.15, -0.1) is 0 Å². The molecule has 1 fully saturated rings. The Morgan fingerprint density at radius 2 is 2.10 bits per heavy atom. The Kier molecular flexibility index (Phi) is 5.18. The van der Waals surface area contributed by atoms with Gasteiger partial charge in [-0.05, 0) is 61.7 Å². The largest absolute Gasteiger partial charge is 0.508 e. The van der Waals surface area contributed by atoms with Gasteiger partial charge >= 0.3 is 0 Å². The molecule has 0 bridgehead atoms. The number of nitrogens with two attached hydrogens (primary N) is 1. The van der Waals surface area contributed by atoms with Crippen molar-refractivity contribution in [1.82, 2.24) is 9.88 Å². The molecule has 5 N–H and O–H groups in total. The third-order valence-corrected chi connectivity index (χ3v) is 7.42. The Labute approximate surface area is 179 Å². The highest BCUT2D eigenvalue weighted by atomic mass is 19.1. The number of hydrogen-bond donors (Lipinski definition) is 4. The van der Waals surface area contributed by atoms with E-state index in [0.29, 0.717) is 30.6 Å². The zero-order chi connectivity index (χ0) is 22.6. The molecule has 3 atom stereocenters. The highest BCUT2D eigenvalue weighted by Crippen LogP contribution is 2.53. The van der Waals surface area contributed by atoms with Gasteiger partial charge in [0.1, 0.15) is 18.0 Å². The number of carbonyl (C=O) groups is 1. The molecule has 166 valence electrons. The number of primary amides is 1. The number of aryl methyl sites for hydroxylation is 1. The Balaban J connectivity index is 1.95. The van der Waals surface area contributed by atoms with Crippen LogP contribution in [0.2, 0.25) is 0 Å². The molecule has 7 nitrogen and oxygen atoms in total. The Bertz CT molecular complexity index is 1100. The lowest BCUT2D eigenvalue weighted by Crippen LogP contribution is -2.71. The number of phenolic OH excluding ortho intramolecular Hbond substituents is 1. The first kappa shape index (κ1) is 21.5. The number of fused-ring (bicyclic) bond motifs is 2. The normalized spacial score (nSPS) is 28.1. The number of aromatic hydroxyl groups is 1. The van der Waals surface area contributed by atoms with E-state index in [0.717, 1.165) is 11.1 Å². The Morgan fingerprint density at radius 3 is 2.77 bits per heavy atom. The van der Waals surface area contributed by atoms with Crippen molar-refractivity contribution in [1.29, 1.82) is 0 Å². The number of halogens is 1. The number of likely N-dealkylation sites (tertiary alicyclic amines) is 1. The minimum Gasteiger partial charge on any atom is -0.508 e. The summed E-state index contributed by atoms with van der Waals surface area (Å²) >= 11 is 0. The Morgan fingerprint density at radius 1 is 1.35 bits per heavy atom. The van der Waals surface area contributed by atoms with Crippen LogP contribution in [-0.2, 0) is 18.3 Å². The lowest BCUT2D eigenvalue weighted by molar-refractivity contribution is -0.139. The summed E-state index contributed by atoms with van der Waals surface area (Å²) in [6.07, 6.45) is 1.01. The van der Waals surface area contributed by atoms with Gasteiger partial charge in [0.15, 0.2) is 0 Å². The fourth-order valence-corrected chi connectivity index (χ4v) is 5.71. The number of aromatic nitrogens is 1. The van der Waals surface area contributed by atoms with Crippen LogP contribution in [-0.4, -0.2) is 57.4 Å². The molecule has 0 saturated carbocycles. The average Bonchev–Trinajstić information content (AvgIpc) is 2.71. The van der Waals surface area contributed by atoms with Gasteiger partial charge in [0.05, 0.1) is 5.60 Å². The number of aromatic amines is 1. The van der Waals surface area contributed by atoms with E-state index >= 15 is 0 Å². The molecule has 1 aliphatic carbocycles. The summed E-state index contributed by atoms with van der Waals surface area (Å²) in [4.78, 5) is 28.9. The topological polar surface area (TPSA) is 120 Å². The van der Waals surface area contributed by atoms with E-state index < -0.39 is 35.2 Å². The summed E-state index contributed by atoms with van der Waals surface area (Å²) in [5.74, 6) is -0.730. The van der Waals surface area contributed by atoms with Crippen LogP contribution >= 0.6 is 0 Å². The molecule has 31 heavy (non-hydrogen) atoms. The second-order valence-electron chi connectivity index (χ2n) is 8.89. The summed E-state index contributed by atoms with van der Waals surface area (Å²) in [5.41, 5.74) is 5.57. The van der Waals surface area contributed by atoms with Crippen molar-refractivity contribution in [2.75, 3.05) is 19.8 Å². The molecule has 0 radical (unpaired) electrons. The van der Waals surface area contributed by atoms with E-state index in [9.17, 15) is 24.2 Å². The van der Waals surface area contributed by atoms with Crippen LogP contribution in [0.1, 0.15) is 46.1 Å². The molecule has 1 amide bonds. The number of H-pyrrole nitrogens is 1. The number of carbonyl (C=O) groups excluding carboxylic acids is 1. The number of amides is 1. The molecule has 0 unspecified atom stereocenters. The van der Waals surface area contributed by atoms with E-state index in [4.69, 9.17) is 5.73 Å². The molecule has 1 aromatic carbocycles. The van der Waals surface area contributed by atoms with Crippen LogP contribution in [0.15, 0.2) is 29.1 Å². The van der Waals surface area contributed by atoms with Crippen molar-refractivity contribution in [3.05, 3.63) is 62.6 Å². The quantitative estimate of drug-likeness (QED) is 0.584. The maximum Gasteiger partial charge on any atom is 0.261 e. The Hall–Kier alpha value is -2.71. The number of nitrogens with one attached hydrogen (secondary N) is 1. The first-order chi connectivity index (χ1) is 14.6. The van der Waals surface area contributed by atoms with Gasteiger partial charge in [-0.1, -0.05) is 6.07 Å². The van der Waals surface area contributed by atoms with Gasteiger partial charge in [0, 0.05) is 36.5 Å². The zero-order valence-electron chi connectivity index (χ0n) is 17.7. The minimum atomic E-state index is -1.32. The summed E-state index contributed by atoms with van der Waals surface area (Å²) in [6, 6.07) is 6.17. The van der Waals surface area contributed by atoms with Crippen molar-refractivity contribution in [2.45, 2.75) is 50.2 Å². The number of phenols is 1. The van der Waals surface area contributed by atoms with Crippen molar-refractivity contribution in [3.8, 4) is 5.75 Å². The number of pyridine rings is 1. The SMILES string of the molecule is Cc1ccc(O)cc1[C@]12CCN(CCF)[C@H](C)[C@]1(O)Cc1cc(C(N)=O)c(=O)[nH]c1C2. The first-order valence-corrected chi connectivity index (χ1v) is 10.5. The number of hydrogen-bond acceptors (Lipinski definition) is 5. The van der Waals surface area contributed by atoms with Crippen molar-refractivity contribution < 1.29 is 19.4 Å². The fourth-order valence-electron chi connectivity index (χ4n) is 5.71. The third-order valence-electron chi connectivity index (χ3n) is 7.42. The molecule has 4 rings (SSSR count). The van der Waals surface area contributed by atoms with E-state index in [1.807, 2.05) is 24.8 Å². The van der Waals surface area contributed by atoms with Gasteiger partial charge in [-0.3, -0.25) is 14.5 Å². The molecular weight excluding hydrogens is 401 g/mol. The van der Waals surface area contributed by atoms with Crippen molar-refractivity contribution in [2.24, 2.45) is 5.73 Å². The van der Waals surface area contributed by atoms with Gasteiger partial charge in [-0.2, -0.15) is 0 Å². The smallest absolute Gasteiger partial charge is 0.261 e. The number of benzene rings is 1. The molecule has 2 aliphatic rings. The molecule has 0 spiro atoms. The summed E-state index contributed by atoms with van der Waals surface area (Å²) in [7, 11) is 0. The highest BCUT2D eigenvalue weighted by Gasteiger charge is 2.61. The summed E-state index contributed by atoms with van der Waals surface area (Å²) < 4.78 is 13.2. The van der Waals surface area contributed by atoms with Crippen LogP contribution in [0.5, 0.6) is 5.75 Å². The monoisotopic (exact) mass is 429 g/mol. The van der Waals surface area contributed by atoms with Crippen LogP contribution in [0.3, 0.4) is 0 Å². The standard InChI is InChI=1S/C23H28FN3O4/c1-13-3-4-16(28)10-18(13)22-5-7-27(8-6-24)14(2)23(22,31)11-15-9-17(20(25)29)21(30)26-19(15)12-22/h3-4,9-10,14,28,31H,5-8,11-12H2,1-2H3,(H2,25,29)(H,26,30)/t14-,22-,23-/m1/s1.